The lowest BCUT2D eigenvalue weighted by Gasteiger charge is -2.33. The van der Waals surface area contributed by atoms with Crippen LogP contribution in [0.15, 0.2) is 51.9 Å². The molecule has 3 aromatic rings. The normalized spacial score (nSPS) is 15.9. The Kier molecular flexibility index (Phi) is 7.28. The minimum absolute atomic E-state index is 0.268. The summed E-state index contributed by atoms with van der Waals surface area (Å²) in [5.74, 6) is 1.37. The van der Waals surface area contributed by atoms with Crippen molar-refractivity contribution in [1.29, 1.82) is 5.26 Å². The van der Waals surface area contributed by atoms with Gasteiger partial charge in [-0.05, 0) is 72.1 Å². The van der Waals surface area contributed by atoms with E-state index in [1.165, 1.54) is 10.4 Å². The Balaban J connectivity index is 1.58. The molecule has 0 fully saturated rings. The summed E-state index contributed by atoms with van der Waals surface area (Å²) in [6.45, 7) is 7.35. The SMILES string of the molecule is CC(C)(C)[C@H]1CCc2c(sc(N=Cc3cc(Br)ccc3OCc3ccc(Cl)cc3)c2C#N)C1. The van der Waals surface area contributed by atoms with Crippen molar-refractivity contribution in [3.8, 4) is 11.8 Å². The molecule has 0 radical (unpaired) electrons. The van der Waals surface area contributed by atoms with E-state index in [9.17, 15) is 5.26 Å². The molecule has 0 saturated carbocycles. The molecule has 0 amide bonds. The summed E-state index contributed by atoms with van der Waals surface area (Å²) in [4.78, 5) is 6.08. The maximum absolute atomic E-state index is 9.86. The summed E-state index contributed by atoms with van der Waals surface area (Å²) in [5.41, 5.74) is 4.10. The van der Waals surface area contributed by atoms with Gasteiger partial charge in [0.25, 0.3) is 0 Å². The second kappa shape index (κ2) is 10.0. The van der Waals surface area contributed by atoms with Crippen LogP contribution in [0.25, 0.3) is 0 Å². The number of nitrogens with zero attached hydrogens (tertiary/aromatic N) is 2. The summed E-state index contributed by atoms with van der Waals surface area (Å²) >= 11 is 11.2. The van der Waals surface area contributed by atoms with Gasteiger partial charge in [0, 0.05) is 26.2 Å². The highest BCUT2D eigenvalue weighted by Gasteiger charge is 2.32. The molecule has 1 atom stereocenters. The van der Waals surface area contributed by atoms with Gasteiger partial charge in [-0.1, -0.05) is 60.4 Å². The van der Waals surface area contributed by atoms with E-state index in [0.717, 1.165) is 51.2 Å². The van der Waals surface area contributed by atoms with Crippen LogP contribution < -0.4 is 4.74 Å². The third kappa shape index (κ3) is 5.69. The lowest BCUT2D eigenvalue weighted by atomic mass is 9.72. The molecule has 1 aliphatic rings. The Labute approximate surface area is 213 Å². The third-order valence-electron chi connectivity index (χ3n) is 6.18. The highest BCUT2D eigenvalue weighted by atomic mass is 79.9. The molecule has 4 rings (SSSR count). The average molecular weight is 542 g/mol. The number of hydrogen-bond donors (Lipinski definition) is 0. The van der Waals surface area contributed by atoms with Gasteiger partial charge in [0.05, 0.1) is 5.56 Å². The van der Waals surface area contributed by atoms with E-state index >= 15 is 0 Å². The Morgan fingerprint density at radius 2 is 2.00 bits per heavy atom. The number of aliphatic imine (C=N–C) groups is 1. The molecule has 6 heteroatoms. The molecule has 1 heterocycles. The monoisotopic (exact) mass is 540 g/mol. The van der Waals surface area contributed by atoms with E-state index < -0.39 is 0 Å². The van der Waals surface area contributed by atoms with Crippen LogP contribution in [-0.2, 0) is 19.4 Å². The van der Waals surface area contributed by atoms with Gasteiger partial charge >= 0.3 is 0 Å². The molecule has 1 aromatic heterocycles. The number of benzene rings is 2. The van der Waals surface area contributed by atoms with Crippen molar-refractivity contribution in [2.75, 3.05) is 0 Å². The van der Waals surface area contributed by atoms with Crippen LogP contribution in [0, 0.1) is 22.7 Å². The van der Waals surface area contributed by atoms with Gasteiger partial charge in [-0.25, -0.2) is 4.99 Å². The fraction of sp³-hybridized carbons (Fsp3) is 0.333. The Morgan fingerprint density at radius 3 is 2.70 bits per heavy atom. The molecule has 0 unspecified atom stereocenters. The lowest BCUT2D eigenvalue weighted by Crippen LogP contribution is -2.26. The Hall–Kier alpha value is -2.13. The summed E-state index contributed by atoms with van der Waals surface area (Å²) in [5, 5.41) is 11.4. The molecule has 3 nitrogen and oxygen atoms in total. The third-order valence-corrected chi connectivity index (χ3v) is 8.09. The van der Waals surface area contributed by atoms with Gasteiger partial charge in [-0.3, -0.25) is 0 Å². The molecule has 0 spiro atoms. The summed E-state index contributed by atoms with van der Waals surface area (Å²) < 4.78 is 7.03. The van der Waals surface area contributed by atoms with Crippen LogP contribution in [-0.4, -0.2) is 6.21 Å². The topological polar surface area (TPSA) is 45.4 Å². The predicted octanol–water partition coefficient (Wildman–Crippen LogP) is 8.52. The lowest BCUT2D eigenvalue weighted by molar-refractivity contribution is 0.218. The predicted molar refractivity (Wildman–Crippen MR) is 141 cm³/mol. The van der Waals surface area contributed by atoms with E-state index in [-0.39, 0.29) is 5.41 Å². The van der Waals surface area contributed by atoms with Crippen LogP contribution in [0.1, 0.15) is 54.3 Å². The van der Waals surface area contributed by atoms with E-state index in [4.69, 9.17) is 21.3 Å². The van der Waals surface area contributed by atoms with Crippen molar-refractivity contribution in [2.24, 2.45) is 16.3 Å². The van der Waals surface area contributed by atoms with E-state index in [1.807, 2.05) is 42.5 Å². The Morgan fingerprint density at radius 1 is 1.24 bits per heavy atom. The number of ether oxygens (including phenoxy) is 1. The zero-order valence-corrected chi connectivity index (χ0v) is 22.1. The van der Waals surface area contributed by atoms with Crippen LogP contribution >= 0.6 is 38.9 Å². The Bertz CT molecular complexity index is 1220. The van der Waals surface area contributed by atoms with Crippen LogP contribution in [0.4, 0.5) is 5.00 Å². The molecule has 1 aliphatic carbocycles. The van der Waals surface area contributed by atoms with Gasteiger partial charge in [-0.15, -0.1) is 11.3 Å². The summed E-state index contributed by atoms with van der Waals surface area (Å²) in [7, 11) is 0. The zero-order chi connectivity index (χ0) is 23.6. The second-order valence-electron chi connectivity index (χ2n) is 9.46. The molecule has 2 aromatic carbocycles. The standard InChI is InChI=1S/C27H26BrClN2OS/c1-27(2,3)19-6-10-22-23(14-30)26(33-25(22)13-19)31-15-18-12-20(28)7-11-24(18)32-16-17-4-8-21(29)9-5-17/h4-5,7-9,11-12,15,19H,6,10,13,16H2,1-3H3/t19-/m0/s1. The number of rotatable bonds is 5. The number of hydrogen-bond acceptors (Lipinski definition) is 4. The maximum Gasteiger partial charge on any atom is 0.134 e. The van der Waals surface area contributed by atoms with Gasteiger partial charge in [0.1, 0.15) is 23.4 Å². The van der Waals surface area contributed by atoms with Crippen molar-refractivity contribution in [2.45, 2.75) is 46.6 Å². The van der Waals surface area contributed by atoms with Gasteiger partial charge in [0.2, 0.25) is 0 Å². The highest BCUT2D eigenvalue weighted by Crippen LogP contribution is 2.45. The minimum atomic E-state index is 0.268. The second-order valence-corrected chi connectivity index (χ2v) is 11.9. The average Bonchev–Trinajstić information content (AvgIpc) is 3.14. The number of nitriles is 1. The van der Waals surface area contributed by atoms with Crippen LogP contribution in [0.5, 0.6) is 5.75 Å². The molecular weight excluding hydrogens is 516 g/mol. The molecule has 0 aliphatic heterocycles. The molecule has 0 N–H and O–H groups in total. The van der Waals surface area contributed by atoms with Gasteiger partial charge in [0.15, 0.2) is 0 Å². The maximum atomic E-state index is 9.86. The van der Waals surface area contributed by atoms with E-state index in [2.05, 4.69) is 42.8 Å². The number of fused-ring (bicyclic) bond motifs is 1. The van der Waals surface area contributed by atoms with Crippen molar-refractivity contribution in [3.63, 3.8) is 0 Å². The van der Waals surface area contributed by atoms with E-state index in [0.29, 0.717) is 17.5 Å². The van der Waals surface area contributed by atoms with Crippen molar-refractivity contribution in [1.82, 2.24) is 0 Å². The van der Waals surface area contributed by atoms with Gasteiger partial charge < -0.3 is 4.74 Å². The molecule has 0 bridgehead atoms. The number of thiophene rings is 1. The smallest absolute Gasteiger partial charge is 0.134 e. The zero-order valence-electron chi connectivity index (χ0n) is 19.0. The minimum Gasteiger partial charge on any atom is -0.488 e. The number of halogens is 2. The first-order valence-corrected chi connectivity index (χ1v) is 13.0. The first-order valence-electron chi connectivity index (χ1n) is 11.0. The summed E-state index contributed by atoms with van der Waals surface area (Å²) in [6.07, 6.45) is 4.92. The first kappa shape index (κ1) is 24.0. The van der Waals surface area contributed by atoms with Crippen molar-refractivity contribution in [3.05, 3.63) is 79.1 Å². The van der Waals surface area contributed by atoms with Crippen LogP contribution in [0.2, 0.25) is 5.02 Å². The first-order chi connectivity index (χ1) is 15.7. The molecule has 0 saturated heterocycles. The fourth-order valence-corrected chi connectivity index (χ4v) is 5.86. The largest absolute Gasteiger partial charge is 0.488 e. The van der Waals surface area contributed by atoms with Crippen LogP contribution in [0.3, 0.4) is 0 Å². The fourth-order valence-electron chi connectivity index (χ4n) is 4.14. The molecular formula is C27H26BrClN2OS. The quantitative estimate of drug-likeness (QED) is 0.304. The summed E-state index contributed by atoms with van der Waals surface area (Å²) in [6, 6.07) is 15.9. The molecule has 170 valence electrons. The van der Waals surface area contributed by atoms with Crippen molar-refractivity contribution >= 4 is 50.1 Å². The highest BCUT2D eigenvalue weighted by molar-refractivity contribution is 9.10. The van der Waals surface area contributed by atoms with E-state index in [1.54, 1.807) is 17.6 Å². The van der Waals surface area contributed by atoms with Crippen molar-refractivity contribution < 1.29 is 4.74 Å². The van der Waals surface area contributed by atoms with Gasteiger partial charge in [-0.2, -0.15) is 5.26 Å². The molecule has 33 heavy (non-hydrogen) atoms.